The minimum atomic E-state index is -0.287. The molecule has 2 fully saturated rings. The topological polar surface area (TPSA) is 47.4 Å². The van der Waals surface area contributed by atoms with Crippen LogP contribution in [0.2, 0.25) is 0 Å². The van der Waals surface area contributed by atoms with Crippen LogP contribution >= 0.6 is 0 Å². The van der Waals surface area contributed by atoms with Gasteiger partial charge >= 0.3 is 0 Å². The average Bonchev–Trinajstić information content (AvgIpc) is 3.24. The lowest BCUT2D eigenvalue weighted by Gasteiger charge is -2.22. The smallest absolute Gasteiger partial charge is 0.244 e. The quantitative estimate of drug-likeness (QED) is 0.845. The van der Waals surface area contributed by atoms with Gasteiger partial charge in [0.2, 0.25) is 5.91 Å². The lowest BCUT2D eigenvalue weighted by atomic mass is 9.99. The van der Waals surface area contributed by atoms with Crippen LogP contribution in [-0.2, 0) is 11.3 Å². The van der Waals surface area contributed by atoms with Crippen molar-refractivity contribution in [3.05, 3.63) is 47.5 Å². The zero-order chi connectivity index (χ0) is 18.3. The first kappa shape index (κ1) is 17.1. The first-order valence-electron chi connectivity index (χ1n) is 9.20. The van der Waals surface area contributed by atoms with E-state index in [1.54, 1.807) is 16.8 Å². The van der Waals surface area contributed by atoms with Crippen LogP contribution in [0, 0.1) is 31.5 Å². The molecule has 0 N–H and O–H groups in total. The van der Waals surface area contributed by atoms with Gasteiger partial charge in [0.1, 0.15) is 24.2 Å². The molecule has 1 amide bonds. The number of nitrogens with zero attached hydrogens (tertiary/aromatic N) is 3. The van der Waals surface area contributed by atoms with Crippen molar-refractivity contribution in [1.82, 2.24) is 14.7 Å². The second kappa shape index (κ2) is 6.74. The molecule has 1 saturated carbocycles. The van der Waals surface area contributed by atoms with Gasteiger partial charge in [-0.05, 0) is 50.8 Å². The zero-order valence-corrected chi connectivity index (χ0v) is 15.2. The maximum atomic E-state index is 13.4. The summed E-state index contributed by atoms with van der Waals surface area (Å²) in [6.07, 6.45) is 2.06. The third kappa shape index (κ3) is 3.32. The Morgan fingerprint density at radius 3 is 2.85 bits per heavy atom. The highest BCUT2D eigenvalue weighted by Crippen LogP contribution is 2.40. The van der Waals surface area contributed by atoms with Gasteiger partial charge in [0, 0.05) is 30.8 Å². The van der Waals surface area contributed by atoms with E-state index in [0.29, 0.717) is 24.1 Å². The van der Waals surface area contributed by atoms with Crippen LogP contribution in [0.15, 0.2) is 30.3 Å². The molecule has 3 atom stereocenters. The van der Waals surface area contributed by atoms with E-state index in [2.05, 4.69) is 5.10 Å². The molecule has 2 aromatic rings. The molecule has 2 aliphatic rings. The number of ether oxygens (including phenoxy) is 1. The van der Waals surface area contributed by atoms with E-state index in [9.17, 15) is 9.18 Å². The number of aromatic nitrogens is 2. The summed E-state index contributed by atoms with van der Waals surface area (Å²) in [6, 6.07) is 8.27. The molecule has 5 nitrogen and oxygen atoms in total. The number of carbonyl (C=O) groups is 1. The Balaban J connectivity index is 1.39. The van der Waals surface area contributed by atoms with E-state index < -0.39 is 0 Å². The number of carbonyl (C=O) groups excluding carboxylic acids is 1. The molecule has 6 heteroatoms. The van der Waals surface area contributed by atoms with Gasteiger partial charge in [0.25, 0.3) is 0 Å². The van der Waals surface area contributed by atoms with Crippen LogP contribution in [-0.4, -0.2) is 39.8 Å². The Hall–Kier alpha value is -2.37. The third-order valence-corrected chi connectivity index (χ3v) is 5.62. The number of hydrogen-bond donors (Lipinski definition) is 0. The maximum Gasteiger partial charge on any atom is 0.244 e. The normalized spacial score (nSPS) is 24.7. The van der Waals surface area contributed by atoms with E-state index >= 15 is 0 Å². The van der Waals surface area contributed by atoms with Crippen LogP contribution < -0.4 is 4.74 Å². The summed E-state index contributed by atoms with van der Waals surface area (Å²) in [4.78, 5) is 14.6. The predicted molar refractivity (Wildman–Crippen MR) is 95.3 cm³/mol. The fraction of sp³-hybridized carbons (Fsp3) is 0.500. The van der Waals surface area contributed by atoms with Gasteiger partial charge in [0.05, 0.1) is 5.69 Å². The highest BCUT2D eigenvalue weighted by molar-refractivity contribution is 5.76. The van der Waals surface area contributed by atoms with Gasteiger partial charge in [0.15, 0.2) is 0 Å². The number of hydrogen-bond acceptors (Lipinski definition) is 3. The van der Waals surface area contributed by atoms with Crippen molar-refractivity contribution in [2.45, 2.75) is 39.3 Å². The summed E-state index contributed by atoms with van der Waals surface area (Å²) in [6.45, 7) is 5.68. The second-order valence-electron chi connectivity index (χ2n) is 7.50. The van der Waals surface area contributed by atoms with Crippen molar-refractivity contribution in [2.24, 2.45) is 11.8 Å². The largest absolute Gasteiger partial charge is 0.490 e. The SMILES string of the molecule is Cc1cc(C)n(CC(=O)N2C[C@@H]3CC[C@H](Oc4cccc(F)c4)[C@@H]3C2)n1. The lowest BCUT2D eigenvalue weighted by Crippen LogP contribution is -2.35. The van der Waals surface area contributed by atoms with Crippen LogP contribution in [0.5, 0.6) is 5.75 Å². The molecule has 4 rings (SSSR count). The van der Waals surface area contributed by atoms with Gasteiger partial charge < -0.3 is 9.64 Å². The number of halogens is 1. The molecule has 0 radical (unpaired) electrons. The average molecular weight is 357 g/mol. The van der Waals surface area contributed by atoms with Crippen LogP contribution in [0.4, 0.5) is 4.39 Å². The molecule has 1 aliphatic heterocycles. The van der Waals surface area contributed by atoms with Gasteiger partial charge in [-0.2, -0.15) is 5.10 Å². The maximum absolute atomic E-state index is 13.4. The van der Waals surface area contributed by atoms with Gasteiger partial charge in [-0.3, -0.25) is 9.48 Å². The van der Waals surface area contributed by atoms with E-state index in [4.69, 9.17) is 4.74 Å². The minimum absolute atomic E-state index is 0.0493. The summed E-state index contributed by atoms with van der Waals surface area (Å²) < 4.78 is 21.2. The standard InChI is InChI=1S/C20H24FN3O2/c1-13-8-14(2)24(22-13)12-20(25)23-10-15-6-7-19(18(15)11-23)26-17-5-3-4-16(21)9-17/h3-5,8-9,15,18-19H,6-7,10-12H2,1-2H3/t15-,18+,19-/m0/s1. The van der Waals surface area contributed by atoms with Crippen molar-refractivity contribution >= 4 is 5.91 Å². The first-order valence-corrected chi connectivity index (χ1v) is 9.20. The Kier molecular flexibility index (Phi) is 4.42. The summed E-state index contributed by atoms with van der Waals surface area (Å²) in [5.41, 5.74) is 1.93. The summed E-state index contributed by atoms with van der Waals surface area (Å²) in [5.74, 6) is 1.18. The fourth-order valence-electron chi connectivity index (χ4n) is 4.34. The van der Waals surface area contributed by atoms with Crippen molar-refractivity contribution in [3.63, 3.8) is 0 Å². The molecule has 1 aromatic carbocycles. The number of rotatable bonds is 4. The number of amides is 1. The molecule has 1 aliphatic carbocycles. The van der Waals surface area contributed by atoms with Crippen molar-refractivity contribution in [1.29, 1.82) is 0 Å². The second-order valence-corrected chi connectivity index (χ2v) is 7.50. The first-order chi connectivity index (χ1) is 12.5. The van der Waals surface area contributed by atoms with E-state index in [1.165, 1.54) is 12.1 Å². The van der Waals surface area contributed by atoms with Gasteiger partial charge in [-0.1, -0.05) is 6.07 Å². The molecular formula is C20H24FN3O2. The zero-order valence-electron chi connectivity index (χ0n) is 15.2. The van der Waals surface area contributed by atoms with Gasteiger partial charge in [-0.25, -0.2) is 4.39 Å². The molecule has 0 unspecified atom stereocenters. The summed E-state index contributed by atoms with van der Waals surface area (Å²) in [5, 5.41) is 4.38. The number of fused-ring (bicyclic) bond motifs is 1. The predicted octanol–water partition coefficient (Wildman–Crippen LogP) is 2.96. The number of aryl methyl sites for hydroxylation is 2. The van der Waals surface area contributed by atoms with Crippen molar-refractivity contribution in [3.8, 4) is 5.75 Å². The van der Waals surface area contributed by atoms with E-state index in [-0.39, 0.29) is 24.4 Å². The number of likely N-dealkylation sites (tertiary alicyclic amines) is 1. The van der Waals surface area contributed by atoms with E-state index in [1.807, 2.05) is 24.8 Å². The van der Waals surface area contributed by atoms with Crippen molar-refractivity contribution < 1.29 is 13.9 Å². The minimum Gasteiger partial charge on any atom is -0.490 e. The monoisotopic (exact) mass is 357 g/mol. The molecule has 138 valence electrons. The molecule has 2 heterocycles. The third-order valence-electron chi connectivity index (χ3n) is 5.62. The summed E-state index contributed by atoms with van der Waals surface area (Å²) >= 11 is 0. The Labute approximate surface area is 152 Å². The highest BCUT2D eigenvalue weighted by atomic mass is 19.1. The molecule has 1 saturated heterocycles. The molecular weight excluding hydrogens is 333 g/mol. The Morgan fingerprint density at radius 1 is 1.27 bits per heavy atom. The molecule has 0 spiro atoms. The lowest BCUT2D eigenvalue weighted by molar-refractivity contribution is -0.131. The number of benzene rings is 1. The fourth-order valence-corrected chi connectivity index (χ4v) is 4.34. The summed E-state index contributed by atoms with van der Waals surface area (Å²) in [7, 11) is 0. The van der Waals surface area contributed by atoms with Crippen molar-refractivity contribution in [2.75, 3.05) is 13.1 Å². The molecule has 1 aromatic heterocycles. The van der Waals surface area contributed by atoms with Crippen LogP contribution in [0.25, 0.3) is 0 Å². The van der Waals surface area contributed by atoms with E-state index in [0.717, 1.165) is 30.8 Å². The van der Waals surface area contributed by atoms with Crippen LogP contribution in [0.1, 0.15) is 24.2 Å². The molecule has 26 heavy (non-hydrogen) atoms. The highest BCUT2D eigenvalue weighted by Gasteiger charge is 2.45. The van der Waals surface area contributed by atoms with Gasteiger partial charge in [-0.15, -0.1) is 0 Å². The van der Waals surface area contributed by atoms with Crippen LogP contribution in [0.3, 0.4) is 0 Å². The Morgan fingerprint density at radius 2 is 2.12 bits per heavy atom. The molecule has 0 bridgehead atoms. The Bertz CT molecular complexity index is 819.